The number of amides is 1. The molecule has 29 heavy (non-hydrogen) atoms. The highest BCUT2D eigenvalue weighted by Crippen LogP contribution is 2.35. The van der Waals surface area contributed by atoms with Crippen LogP contribution in [-0.4, -0.2) is 17.4 Å². The quantitative estimate of drug-likeness (QED) is 0.541. The molecule has 0 unspecified atom stereocenters. The van der Waals surface area contributed by atoms with Crippen LogP contribution in [-0.2, 0) is 12.1 Å². The molecule has 0 aliphatic carbocycles. The van der Waals surface area contributed by atoms with Gasteiger partial charge in [0.15, 0.2) is 0 Å². The van der Waals surface area contributed by atoms with Crippen molar-refractivity contribution >= 4 is 17.5 Å². The van der Waals surface area contributed by atoms with Crippen LogP contribution >= 0.6 is 11.6 Å². The summed E-state index contributed by atoms with van der Waals surface area (Å²) in [5.41, 5.74) is -1.78. The van der Waals surface area contributed by atoms with Crippen molar-refractivity contribution in [2.45, 2.75) is 12.1 Å². The summed E-state index contributed by atoms with van der Waals surface area (Å²) in [6.45, 7) is -1.28. The summed E-state index contributed by atoms with van der Waals surface area (Å²) in [7, 11) is 0. The van der Waals surface area contributed by atoms with Crippen LogP contribution in [0.15, 0.2) is 59.5 Å². The largest absolute Gasteiger partial charge is 0.472 e. The van der Waals surface area contributed by atoms with Crippen LogP contribution in [0.1, 0.15) is 21.6 Å². The predicted molar refractivity (Wildman–Crippen MR) is 94.6 cm³/mol. The summed E-state index contributed by atoms with van der Waals surface area (Å²) in [5.74, 6) is -5.00. The van der Waals surface area contributed by atoms with Gasteiger partial charge >= 0.3 is 12.1 Å². The molecule has 10 heteroatoms. The lowest BCUT2D eigenvalue weighted by atomic mass is 10.1. The predicted octanol–water partition coefficient (Wildman–Crippen LogP) is 5.54. The number of rotatable bonds is 5. The van der Waals surface area contributed by atoms with Crippen LogP contribution in [0.4, 0.5) is 22.0 Å². The van der Waals surface area contributed by atoms with Crippen LogP contribution < -0.4 is 5.32 Å². The number of benzene rings is 1. The van der Waals surface area contributed by atoms with E-state index in [1.54, 1.807) is 6.07 Å². The maximum absolute atomic E-state index is 14.5. The Morgan fingerprint density at radius 3 is 2.45 bits per heavy atom. The van der Waals surface area contributed by atoms with Gasteiger partial charge in [0.05, 0.1) is 35.2 Å². The van der Waals surface area contributed by atoms with Gasteiger partial charge in [-0.1, -0.05) is 23.7 Å². The summed E-state index contributed by atoms with van der Waals surface area (Å²) < 4.78 is 72.9. The first-order chi connectivity index (χ1) is 13.6. The lowest BCUT2D eigenvalue weighted by Crippen LogP contribution is -2.36. The lowest BCUT2D eigenvalue weighted by Gasteiger charge is -2.19. The SMILES string of the molecule is O=C(NCC(F)(F)c1ncc(-c2ccoc2)cc1Cl)c1ccccc1C(F)(F)F. The van der Waals surface area contributed by atoms with E-state index >= 15 is 0 Å². The first-order valence-electron chi connectivity index (χ1n) is 8.10. The van der Waals surface area contributed by atoms with E-state index in [9.17, 15) is 26.7 Å². The molecular formula is C19H12ClF5N2O2. The van der Waals surface area contributed by atoms with Crippen molar-refractivity contribution in [3.05, 3.63) is 77.0 Å². The zero-order valence-corrected chi connectivity index (χ0v) is 15.2. The number of hydrogen-bond donors (Lipinski definition) is 1. The van der Waals surface area contributed by atoms with E-state index in [1.165, 1.54) is 24.7 Å². The molecule has 152 valence electrons. The highest BCUT2D eigenvalue weighted by atomic mass is 35.5. The van der Waals surface area contributed by atoms with Crippen molar-refractivity contribution in [1.29, 1.82) is 0 Å². The van der Waals surface area contributed by atoms with E-state index in [-0.39, 0.29) is 5.02 Å². The second-order valence-corrected chi connectivity index (χ2v) is 6.40. The van der Waals surface area contributed by atoms with Crippen molar-refractivity contribution in [3.63, 3.8) is 0 Å². The minimum Gasteiger partial charge on any atom is -0.472 e. The number of aromatic nitrogens is 1. The molecule has 0 aliphatic rings. The topological polar surface area (TPSA) is 55.1 Å². The number of nitrogens with one attached hydrogen (secondary N) is 1. The van der Waals surface area contributed by atoms with Gasteiger partial charge in [-0.05, 0) is 24.3 Å². The highest BCUT2D eigenvalue weighted by molar-refractivity contribution is 6.31. The lowest BCUT2D eigenvalue weighted by molar-refractivity contribution is -0.137. The number of pyridine rings is 1. The molecule has 0 atom stereocenters. The van der Waals surface area contributed by atoms with Gasteiger partial charge in [-0.25, -0.2) is 0 Å². The smallest absolute Gasteiger partial charge is 0.417 e. The molecule has 1 aromatic carbocycles. The van der Waals surface area contributed by atoms with Crippen molar-refractivity contribution in [2.24, 2.45) is 0 Å². The van der Waals surface area contributed by atoms with E-state index in [0.29, 0.717) is 17.2 Å². The van der Waals surface area contributed by atoms with Gasteiger partial charge in [-0.2, -0.15) is 22.0 Å². The number of nitrogens with zero attached hydrogens (tertiary/aromatic N) is 1. The summed E-state index contributed by atoms with van der Waals surface area (Å²) in [6.07, 6.45) is -0.880. The number of halogens is 6. The zero-order valence-electron chi connectivity index (χ0n) is 14.4. The van der Waals surface area contributed by atoms with Crippen LogP contribution in [0.25, 0.3) is 11.1 Å². The van der Waals surface area contributed by atoms with Crippen LogP contribution in [0.3, 0.4) is 0 Å². The minimum atomic E-state index is -4.80. The number of carbonyl (C=O) groups excluding carboxylic acids is 1. The third-order valence-electron chi connectivity index (χ3n) is 3.99. The van der Waals surface area contributed by atoms with E-state index in [0.717, 1.165) is 18.3 Å². The Morgan fingerprint density at radius 1 is 1.10 bits per heavy atom. The fraction of sp³-hybridized carbons (Fsp3) is 0.158. The normalized spacial score (nSPS) is 12.1. The molecule has 0 radical (unpaired) electrons. The van der Waals surface area contributed by atoms with Crippen LogP contribution in [0.5, 0.6) is 0 Å². The molecule has 0 aliphatic heterocycles. The molecule has 0 saturated carbocycles. The molecule has 2 aromatic heterocycles. The second-order valence-electron chi connectivity index (χ2n) is 6.00. The molecule has 2 heterocycles. The Bertz CT molecular complexity index is 1020. The Balaban J connectivity index is 1.78. The first-order valence-corrected chi connectivity index (χ1v) is 8.48. The van der Waals surface area contributed by atoms with Crippen LogP contribution in [0.2, 0.25) is 5.02 Å². The molecule has 0 fully saturated rings. The molecule has 3 rings (SSSR count). The van der Waals surface area contributed by atoms with E-state index in [4.69, 9.17) is 16.0 Å². The molecule has 0 bridgehead atoms. The number of hydrogen-bond acceptors (Lipinski definition) is 3. The average molecular weight is 431 g/mol. The Hall–Kier alpha value is -2.94. The van der Waals surface area contributed by atoms with E-state index in [2.05, 4.69) is 4.98 Å². The molecule has 0 saturated heterocycles. The maximum atomic E-state index is 14.5. The van der Waals surface area contributed by atoms with Gasteiger partial charge in [0.2, 0.25) is 0 Å². The van der Waals surface area contributed by atoms with Gasteiger partial charge in [0, 0.05) is 17.3 Å². The number of alkyl halides is 5. The van der Waals surface area contributed by atoms with Gasteiger partial charge in [0.25, 0.3) is 5.91 Å². The van der Waals surface area contributed by atoms with Crippen molar-refractivity contribution in [3.8, 4) is 11.1 Å². The van der Waals surface area contributed by atoms with Crippen molar-refractivity contribution in [1.82, 2.24) is 10.3 Å². The van der Waals surface area contributed by atoms with Crippen LogP contribution in [0, 0.1) is 0 Å². The average Bonchev–Trinajstić information content (AvgIpc) is 3.20. The summed E-state index contributed by atoms with van der Waals surface area (Å²) >= 11 is 5.91. The second kappa shape index (κ2) is 7.82. The molecule has 4 nitrogen and oxygen atoms in total. The monoisotopic (exact) mass is 430 g/mol. The van der Waals surface area contributed by atoms with E-state index in [1.807, 2.05) is 5.32 Å². The molecule has 1 N–H and O–H groups in total. The minimum absolute atomic E-state index is 0.362. The maximum Gasteiger partial charge on any atom is 0.417 e. The molecule has 0 spiro atoms. The third-order valence-corrected chi connectivity index (χ3v) is 4.28. The van der Waals surface area contributed by atoms with Gasteiger partial charge < -0.3 is 9.73 Å². The van der Waals surface area contributed by atoms with Crippen molar-refractivity contribution in [2.75, 3.05) is 6.54 Å². The number of furan rings is 1. The zero-order chi connectivity index (χ0) is 21.2. The Labute approximate surface area is 166 Å². The highest BCUT2D eigenvalue weighted by Gasteiger charge is 2.38. The molecule has 1 amide bonds. The van der Waals surface area contributed by atoms with E-state index < -0.39 is 41.4 Å². The summed E-state index contributed by atoms with van der Waals surface area (Å²) in [6, 6.07) is 6.74. The molecular weight excluding hydrogens is 419 g/mol. The van der Waals surface area contributed by atoms with Gasteiger partial charge in [-0.15, -0.1) is 0 Å². The van der Waals surface area contributed by atoms with Gasteiger partial charge in [0.1, 0.15) is 5.69 Å². The van der Waals surface area contributed by atoms with Gasteiger partial charge in [-0.3, -0.25) is 9.78 Å². The summed E-state index contributed by atoms with van der Waals surface area (Å²) in [5, 5.41) is 1.45. The molecule has 3 aromatic rings. The Morgan fingerprint density at radius 2 is 1.83 bits per heavy atom. The third kappa shape index (κ3) is 4.56. The summed E-state index contributed by atoms with van der Waals surface area (Å²) in [4.78, 5) is 15.7. The fourth-order valence-electron chi connectivity index (χ4n) is 2.59. The first kappa shape index (κ1) is 20.8. The number of carbonyl (C=O) groups is 1. The standard InChI is InChI=1S/C19H12ClF5N2O2/c20-15-7-12(11-5-6-29-9-11)8-26-16(15)18(21,22)10-27-17(28)13-3-1-2-4-14(13)19(23,24)25/h1-9H,10H2,(H,27,28). The Kier molecular flexibility index (Phi) is 5.61. The van der Waals surface area contributed by atoms with Crippen molar-refractivity contribution < 1.29 is 31.2 Å². The fourth-order valence-corrected chi connectivity index (χ4v) is 2.90.